The van der Waals surface area contributed by atoms with Crippen molar-refractivity contribution in [3.63, 3.8) is 0 Å². The van der Waals surface area contributed by atoms with E-state index in [1.807, 2.05) is 0 Å². The van der Waals surface area contributed by atoms with Gasteiger partial charge in [0.2, 0.25) is 0 Å². The molecule has 0 aliphatic heterocycles. The standard InChI is InChI=1S/C14H12ClNO3S/c1-9(19-14(18)10-6-7-20-8-10)13(17)16-12-5-3-2-4-11(12)15/h2-9H,1H3,(H,16,17). The molecule has 0 aliphatic carbocycles. The number of rotatable bonds is 4. The highest BCUT2D eigenvalue weighted by Gasteiger charge is 2.19. The summed E-state index contributed by atoms with van der Waals surface area (Å²) in [6.45, 7) is 1.51. The van der Waals surface area contributed by atoms with Gasteiger partial charge in [-0.25, -0.2) is 4.79 Å². The van der Waals surface area contributed by atoms with Crippen molar-refractivity contribution >= 4 is 40.5 Å². The summed E-state index contributed by atoms with van der Waals surface area (Å²) in [6.07, 6.45) is -0.904. The number of anilines is 1. The van der Waals surface area contributed by atoms with E-state index >= 15 is 0 Å². The zero-order valence-electron chi connectivity index (χ0n) is 10.6. The Balaban J connectivity index is 1.96. The highest BCUT2D eigenvalue weighted by atomic mass is 35.5. The maximum Gasteiger partial charge on any atom is 0.339 e. The van der Waals surface area contributed by atoms with E-state index in [9.17, 15) is 9.59 Å². The van der Waals surface area contributed by atoms with Gasteiger partial charge in [-0.2, -0.15) is 11.3 Å². The molecule has 0 spiro atoms. The summed E-state index contributed by atoms with van der Waals surface area (Å²) in [5, 5.41) is 6.48. The van der Waals surface area contributed by atoms with Crippen molar-refractivity contribution in [1.29, 1.82) is 0 Å². The maximum absolute atomic E-state index is 11.9. The predicted molar refractivity (Wildman–Crippen MR) is 79.3 cm³/mol. The Labute approximate surface area is 125 Å². The molecule has 1 N–H and O–H groups in total. The van der Waals surface area contributed by atoms with Crippen molar-refractivity contribution in [3.8, 4) is 0 Å². The van der Waals surface area contributed by atoms with E-state index < -0.39 is 18.0 Å². The molecule has 1 heterocycles. The van der Waals surface area contributed by atoms with E-state index in [2.05, 4.69) is 5.32 Å². The molecule has 20 heavy (non-hydrogen) atoms. The van der Waals surface area contributed by atoms with Crippen molar-refractivity contribution in [1.82, 2.24) is 0 Å². The lowest BCUT2D eigenvalue weighted by atomic mass is 10.3. The first-order valence-corrected chi connectivity index (χ1v) is 7.18. The van der Waals surface area contributed by atoms with E-state index in [4.69, 9.17) is 16.3 Å². The molecule has 0 saturated carbocycles. The number of ether oxygens (including phenoxy) is 1. The second-order valence-corrected chi connectivity index (χ2v) is 5.22. The van der Waals surface area contributed by atoms with E-state index in [1.165, 1.54) is 18.3 Å². The molecule has 0 radical (unpaired) electrons. The van der Waals surface area contributed by atoms with Gasteiger partial charge in [0, 0.05) is 5.38 Å². The van der Waals surface area contributed by atoms with Gasteiger partial charge in [-0.05, 0) is 30.5 Å². The van der Waals surface area contributed by atoms with Gasteiger partial charge >= 0.3 is 5.97 Å². The largest absolute Gasteiger partial charge is 0.449 e. The zero-order valence-corrected chi connectivity index (χ0v) is 12.2. The fraction of sp³-hybridized carbons (Fsp3) is 0.143. The summed E-state index contributed by atoms with van der Waals surface area (Å²) in [6, 6.07) is 8.50. The molecule has 2 aromatic rings. The number of hydrogen-bond donors (Lipinski definition) is 1. The van der Waals surface area contributed by atoms with Crippen LogP contribution in [0.1, 0.15) is 17.3 Å². The van der Waals surface area contributed by atoms with Crippen LogP contribution in [-0.2, 0) is 9.53 Å². The molecule has 6 heteroatoms. The van der Waals surface area contributed by atoms with Crippen molar-refractivity contribution in [2.45, 2.75) is 13.0 Å². The molecule has 4 nitrogen and oxygen atoms in total. The minimum absolute atomic E-state index is 0.428. The molecule has 1 atom stereocenters. The Bertz CT molecular complexity index is 613. The molecule has 0 saturated heterocycles. The second-order valence-electron chi connectivity index (χ2n) is 4.03. The lowest BCUT2D eigenvalue weighted by Gasteiger charge is -2.13. The van der Waals surface area contributed by atoms with Crippen LogP contribution in [0.2, 0.25) is 5.02 Å². The molecule has 1 aromatic carbocycles. The number of thiophene rings is 1. The first-order chi connectivity index (χ1) is 9.58. The first-order valence-electron chi connectivity index (χ1n) is 5.86. The first kappa shape index (κ1) is 14.6. The van der Waals surface area contributed by atoms with Crippen LogP contribution in [0.25, 0.3) is 0 Å². The zero-order chi connectivity index (χ0) is 14.5. The van der Waals surface area contributed by atoms with Crippen LogP contribution in [0.5, 0.6) is 0 Å². The van der Waals surface area contributed by atoms with E-state index in [0.717, 1.165) is 0 Å². The number of hydrogen-bond acceptors (Lipinski definition) is 4. The Kier molecular flexibility index (Phi) is 4.76. The normalized spacial score (nSPS) is 11.7. The van der Waals surface area contributed by atoms with Crippen molar-refractivity contribution in [2.24, 2.45) is 0 Å². The molecule has 0 aliphatic rings. The van der Waals surface area contributed by atoms with Crippen LogP contribution in [-0.4, -0.2) is 18.0 Å². The number of nitrogens with one attached hydrogen (secondary N) is 1. The minimum atomic E-state index is -0.904. The lowest BCUT2D eigenvalue weighted by molar-refractivity contribution is -0.123. The molecular weight excluding hydrogens is 298 g/mol. The van der Waals surface area contributed by atoms with Crippen LogP contribution in [0.3, 0.4) is 0 Å². The Morgan fingerprint density at radius 3 is 2.70 bits per heavy atom. The average molecular weight is 310 g/mol. The van der Waals surface area contributed by atoms with Gasteiger partial charge in [-0.15, -0.1) is 0 Å². The molecule has 0 bridgehead atoms. The van der Waals surface area contributed by atoms with Gasteiger partial charge in [0.25, 0.3) is 5.91 Å². The van der Waals surface area contributed by atoms with Crippen LogP contribution < -0.4 is 5.32 Å². The van der Waals surface area contributed by atoms with Crippen LogP contribution >= 0.6 is 22.9 Å². The minimum Gasteiger partial charge on any atom is -0.449 e. The van der Waals surface area contributed by atoms with Gasteiger partial charge in [0.1, 0.15) is 0 Å². The number of halogens is 1. The summed E-state index contributed by atoms with van der Waals surface area (Å²) in [5.41, 5.74) is 0.921. The van der Waals surface area contributed by atoms with Gasteiger partial charge in [-0.1, -0.05) is 23.7 Å². The molecule has 104 valence electrons. The molecular formula is C14H12ClNO3S. The molecule has 2 rings (SSSR count). The average Bonchev–Trinajstić information content (AvgIpc) is 2.95. The third kappa shape index (κ3) is 3.59. The fourth-order valence-corrected chi connectivity index (χ4v) is 2.27. The van der Waals surface area contributed by atoms with Crippen LogP contribution in [0.4, 0.5) is 5.69 Å². The SMILES string of the molecule is CC(OC(=O)c1ccsc1)C(=O)Nc1ccccc1Cl. The van der Waals surface area contributed by atoms with Crippen LogP contribution in [0.15, 0.2) is 41.1 Å². The number of para-hydroxylation sites is 1. The number of esters is 1. The molecule has 1 unspecified atom stereocenters. The van der Waals surface area contributed by atoms with Gasteiger partial charge < -0.3 is 10.1 Å². The number of benzene rings is 1. The predicted octanol–water partition coefficient (Wildman–Crippen LogP) is 3.59. The quantitative estimate of drug-likeness (QED) is 0.878. The summed E-state index contributed by atoms with van der Waals surface area (Å²) in [7, 11) is 0. The third-order valence-corrected chi connectivity index (χ3v) is 3.55. The Hall–Kier alpha value is -1.85. The monoisotopic (exact) mass is 309 g/mol. The van der Waals surface area contributed by atoms with Gasteiger partial charge in [-0.3, -0.25) is 4.79 Å². The van der Waals surface area contributed by atoms with Gasteiger partial charge in [0.15, 0.2) is 6.10 Å². The highest BCUT2D eigenvalue weighted by Crippen LogP contribution is 2.20. The van der Waals surface area contributed by atoms with E-state index in [1.54, 1.807) is 41.1 Å². The molecule has 1 aromatic heterocycles. The third-order valence-electron chi connectivity index (χ3n) is 2.54. The number of amides is 1. The summed E-state index contributed by atoms with van der Waals surface area (Å²) < 4.78 is 5.08. The van der Waals surface area contributed by atoms with E-state index in [-0.39, 0.29) is 0 Å². The molecule has 0 fully saturated rings. The summed E-state index contributed by atoms with van der Waals surface area (Å²) in [4.78, 5) is 23.6. The topological polar surface area (TPSA) is 55.4 Å². The second kappa shape index (κ2) is 6.54. The van der Waals surface area contributed by atoms with Crippen LogP contribution in [0, 0.1) is 0 Å². The maximum atomic E-state index is 11.9. The summed E-state index contributed by atoms with van der Waals surface area (Å²) in [5.74, 6) is -0.949. The van der Waals surface area contributed by atoms with Crippen molar-refractivity contribution in [2.75, 3.05) is 5.32 Å². The highest BCUT2D eigenvalue weighted by molar-refractivity contribution is 7.08. The molecule has 1 amide bonds. The Morgan fingerprint density at radius 2 is 2.05 bits per heavy atom. The Morgan fingerprint density at radius 1 is 1.30 bits per heavy atom. The van der Waals surface area contributed by atoms with Crippen molar-refractivity contribution < 1.29 is 14.3 Å². The van der Waals surface area contributed by atoms with E-state index in [0.29, 0.717) is 16.3 Å². The number of carbonyl (C=O) groups is 2. The van der Waals surface area contributed by atoms with Gasteiger partial charge in [0.05, 0.1) is 16.3 Å². The van der Waals surface area contributed by atoms with Crippen molar-refractivity contribution in [3.05, 3.63) is 51.7 Å². The fourth-order valence-electron chi connectivity index (χ4n) is 1.46. The lowest BCUT2D eigenvalue weighted by Crippen LogP contribution is -2.30. The summed E-state index contributed by atoms with van der Waals surface area (Å²) >= 11 is 7.33. The number of carbonyl (C=O) groups excluding carboxylic acids is 2. The smallest absolute Gasteiger partial charge is 0.339 e.